The molecule has 2 atom stereocenters. The summed E-state index contributed by atoms with van der Waals surface area (Å²) < 4.78 is 29.7. The SMILES string of the molecule is [2H]C1=CC(C)C([2H])(Br)C([2H])=C1[2H]. The van der Waals surface area contributed by atoms with Crippen molar-refractivity contribution < 1.29 is 5.48 Å². The van der Waals surface area contributed by atoms with Crippen LogP contribution in [0.15, 0.2) is 24.2 Å². The van der Waals surface area contributed by atoms with Crippen LogP contribution in [-0.2, 0) is 0 Å². The predicted molar refractivity (Wildman–Crippen MR) is 40.2 cm³/mol. The van der Waals surface area contributed by atoms with Gasteiger partial charge in [-0.2, -0.15) is 0 Å². The van der Waals surface area contributed by atoms with E-state index < -0.39 is 4.80 Å². The van der Waals surface area contributed by atoms with E-state index in [4.69, 9.17) is 5.48 Å². The summed E-state index contributed by atoms with van der Waals surface area (Å²) >= 11 is 3.06. The van der Waals surface area contributed by atoms with Crippen molar-refractivity contribution in [1.29, 1.82) is 0 Å². The van der Waals surface area contributed by atoms with E-state index in [0.717, 1.165) is 0 Å². The Kier molecular flexibility index (Phi) is 0.840. The van der Waals surface area contributed by atoms with Crippen molar-refractivity contribution in [2.45, 2.75) is 11.7 Å². The first-order valence-electron chi connectivity index (χ1n) is 4.43. The van der Waals surface area contributed by atoms with Crippen molar-refractivity contribution in [1.82, 2.24) is 0 Å². The minimum atomic E-state index is -1.23. The Morgan fingerprint density at radius 3 is 3.25 bits per heavy atom. The average molecular weight is 177 g/mol. The lowest BCUT2D eigenvalue weighted by atomic mass is 10.0. The molecule has 1 heteroatoms. The van der Waals surface area contributed by atoms with E-state index in [2.05, 4.69) is 15.9 Å². The van der Waals surface area contributed by atoms with E-state index in [9.17, 15) is 0 Å². The third-order valence-electron chi connectivity index (χ3n) is 0.987. The molecule has 0 heterocycles. The topological polar surface area (TPSA) is 0 Å². The van der Waals surface area contributed by atoms with Gasteiger partial charge in [0.25, 0.3) is 0 Å². The number of rotatable bonds is 0. The van der Waals surface area contributed by atoms with Crippen LogP contribution in [0, 0.1) is 5.92 Å². The quantitative estimate of drug-likeness (QED) is 0.498. The Morgan fingerprint density at radius 2 is 2.50 bits per heavy atom. The molecule has 1 aliphatic carbocycles. The lowest BCUT2D eigenvalue weighted by Crippen LogP contribution is -2.06. The van der Waals surface area contributed by atoms with Crippen molar-refractivity contribution >= 4 is 15.9 Å². The normalized spacial score (nSPS) is 55.8. The smallest absolute Gasteiger partial charge is 0.0620 e. The maximum Gasteiger partial charge on any atom is 0.0620 e. The van der Waals surface area contributed by atoms with Crippen molar-refractivity contribution in [3.8, 4) is 0 Å². The Bertz CT molecular complexity index is 267. The van der Waals surface area contributed by atoms with Gasteiger partial charge in [0.05, 0.1) is 4.11 Å². The molecule has 0 saturated carbocycles. The summed E-state index contributed by atoms with van der Waals surface area (Å²) in [6.07, 6.45) is 1.52. The summed E-state index contributed by atoms with van der Waals surface area (Å²) in [4.78, 5) is -1.23. The molecule has 0 aromatic heterocycles. The highest BCUT2D eigenvalue weighted by atomic mass is 79.9. The molecule has 0 radical (unpaired) electrons. The number of halogens is 1. The molecule has 0 saturated heterocycles. The summed E-state index contributed by atoms with van der Waals surface area (Å²) in [5.74, 6) is -0.244. The van der Waals surface area contributed by atoms with Crippen LogP contribution in [0.5, 0.6) is 0 Å². The maximum atomic E-state index is 7.68. The molecule has 44 valence electrons. The first kappa shape index (κ1) is 2.70. The molecular formula is C7H9Br. The lowest BCUT2D eigenvalue weighted by Gasteiger charge is -2.11. The van der Waals surface area contributed by atoms with Gasteiger partial charge in [-0.3, -0.25) is 0 Å². The summed E-state index contributed by atoms with van der Waals surface area (Å²) in [5.41, 5.74) is 0. The highest BCUT2D eigenvalue weighted by Crippen LogP contribution is 2.18. The monoisotopic (exact) mass is 176 g/mol. The summed E-state index contributed by atoms with van der Waals surface area (Å²) in [7, 11) is 0. The van der Waals surface area contributed by atoms with Crippen LogP contribution in [0.4, 0.5) is 0 Å². The first-order chi connectivity index (χ1) is 5.37. The fourth-order valence-electron chi connectivity index (χ4n) is 0.449. The third kappa shape index (κ3) is 1.22. The number of alkyl halides is 1. The lowest BCUT2D eigenvalue weighted by molar-refractivity contribution is 0.762. The van der Waals surface area contributed by atoms with E-state index in [1.165, 1.54) is 6.08 Å². The minimum Gasteiger partial charge on any atom is -0.0839 e. The molecule has 0 bridgehead atoms. The zero-order valence-electron chi connectivity index (χ0n) is 8.53. The number of allylic oxidation sites excluding steroid dienone is 4. The molecule has 0 nitrogen and oxygen atoms in total. The molecule has 0 aliphatic heterocycles. The van der Waals surface area contributed by atoms with Gasteiger partial charge in [0.1, 0.15) is 0 Å². The van der Waals surface area contributed by atoms with Gasteiger partial charge in [-0.15, -0.1) is 0 Å². The van der Waals surface area contributed by atoms with E-state index in [-0.39, 0.29) is 24.1 Å². The highest BCUT2D eigenvalue weighted by molar-refractivity contribution is 9.09. The molecule has 0 aromatic carbocycles. The first-order valence-corrected chi connectivity index (χ1v) is 3.22. The van der Waals surface area contributed by atoms with Crippen LogP contribution >= 0.6 is 15.9 Å². The van der Waals surface area contributed by atoms with Crippen LogP contribution in [0.2, 0.25) is 0 Å². The van der Waals surface area contributed by atoms with Crippen molar-refractivity contribution in [2.75, 3.05) is 0 Å². The van der Waals surface area contributed by atoms with E-state index in [1.54, 1.807) is 6.92 Å². The van der Waals surface area contributed by atoms with Gasteiger partial charge in [-0.1, -0.05) is 47.1 Å². The Morgan fingerprint density at radius 1 is 1.75 bits per heavy atom. The van der Waals surface area contributed by atoms with Crippen LogP contribution in [0.3, 0.4) is 0 Å². The predicted octanol–water partition coefficient (Wildman–Crippen LogP) is 2.51. The zero-order valence-corrected chi connectivity index (χ0v) is 6.12. The molecule has 0 fully saturated rings. The van der Waals surface area contributed by atoms with Crippen LogP contribution in [0.1, 0.15) is 12.4 Å². The third-order valence-corrected chi connectivity index (χ3v) is 1.91. The van der Waals surface area contributed by atoms with E-state index in [1.807, 2.05) is 0 Å². The summed E-state index contributed by atoms with van der Waals surface area (Å²) in [6.45, 7) is 1.75. The second-order valence-corrected chi connectivity index (χ2v) is 2.55. The summed E-state index contributed by atoms with van der Waals surface area (Å²) in [5, 5.41) is 0. The molecule has 0 aromatic rings. The van der Waals surface area contributed by atoms with Gasteiger partial charge >= 0.3 is 0 Å². The van der Waals surface area contributed by atoms with Gasteiger partial charge in [0, 0.05) is 6.17 Å². The largest absolute Gasteiger partial charge is 0.0839 e. The molecule has 1 aliphatic rings. The van der Waals surface area contributed by atoms with Gasteiger partial charge in [-0.05, 0) is 5.92 Å². The molecule has 0 amide bonds. The van der Waals surface area contributed by atoms with Crippen molar-refractivity contribution in [2.24, 2.45) is 5.92 Å². The fourth-order valence-corrected chi connectivity index (χ4v) is 0.681. The average Bonchev–Trinajstić information content (AvgIpc) is 1.99. The highest BCUT2D eigenvalue weighted by Gasteiger charge is 2.07. The molecule has 2 unspecified atom stereocenters. The van der Waals surface area contributed by atoms with Crippen LogP contribution in [0.25, 0.3) is 0 Å². The van der Waals surface area contributed by atoms with Crippen molar-refractivity contribution in [3.63, 3.8) is 0 Å². The number of hydrogen-bond donors (Lipinski definition) is 0. The number of hydrogen-bond acceptors (Lipinski definition) is 0. The molecule has 8 heavy (non-hydrogen) atoms. The maximum absolute atomic E-state index is 7.68. The van der Waals surface area contributed by atoms with E-state index >= 15 is 0 Å². The zero-order chi connectivity index (χ0) is 9.52. The fraction of sp³-hybridized carbons (Fsp3) is 0.429. The Balaban J connectivity index is 3.18. The Hall–Kier alpha value is -0.0400. The second kappa shape index (κ2) is 2.49. The Labute approximate surface area is 64.0 Å². The van der Waals surface area contributed by atoms with Crippen molar-refractivity contribution in [3.05, 3.63) is 24.2 Å². The molecule has 0 N–H and O–H groups in total. The molecule has 0 spiro atoms. The van der Waals surface area contributed by atoms with Gasteiger partial charge in [0.2, 0.25) is 0 Å². The standard InChI is InChI=1S/C7H9Br/c1-6-4-2-3-5-7(6)8/h2-7H,1H3/i2D,3D,5D,7D. The van der Waals surface area contributed by atoms with Gasteiger partial charge < -0.3 is 0 Å². The van der Waals surface area contributed by atoms with Gasteiger partial charge in [0.15, 0.2) is 0 Å². The minimum absolute atomic E-state index is 0.0369. The second-order valence-electron chi connectivity index (χ2n) is 1.70. The van der Waals surface area contributed by atoms with E-state index in [0.29, 0.717) is 0 Å². The van der Waals surface area contributed by atoms with Gasteiger partial charge in [-0.25, -0.2) is 0 Å². The summed E-state index contributed by atoms with van der Waals surface area (Å²) in [6, 6.07) is -0.266. The molecular weight excluding hydrogens is 164 g/mol. The van der Waals surface area contributed by atoms with Crippen LogP contribution < -0.4 is 0 Å². The van der Waals surface area contributed by atoms with Crippen LogP contribution in [-0.4, -0.2) is 4.80 Å². The molecule has 1 rings (SSSR count).